The Kier molecular flexibility index (Phi) is 5.66. The van der Waals surface area contributed by atoms with E-state index in [9.17, 15) is 0 Å². The van der Waals surface area contributed by atoms with Crippen LogP contribution in [0.3, 0.4) is 0 Å². The summed E-state index contributed by atoms with van der Waals surface area (Å²) in [6.45, 7) is 2.55. The molecule has 0 aliphatic carbocycles. The zero-order valence-corrected chi connectivity index (χ0v) is 12.4. The molecule has 2 aromatic rings. The second kappa shape index (κ2) is 7.96. The molecule has 6 heteroatoms. The molecule has 1 heterocycles. The van der Waals surface area contributed by atoms with Gasteiger partial charge < -0.3 is 10.1 Å². The van der Waals surface area contributed by atoms with Crippen LogP contribution in [0, 0.1) is 0 Å². The largest absolute Gasteiger partial charge is 0.493 e. The first-order chi connectivity index (χ1) is 10.3. The third-order valence-electron chi connectivity index (χ3n) is 2.51. The lowest BCUT2D eigenvalue weighted by atomic mass is 10.2. The highest BCUT2D eigenvalue weighted by Gasteiger charge is 1.99. The molecule has 1 aromatic heterocycles. The molecule has 0 bridgehead atoms. The van der Waals surface area contributed by atoms with Gasteiger partial charge in [0.05, 0.1) is 24.7 Å². The van der Waals surface area contributed by atoms with E-state index in [2.05, 4.69) is 20.8 Å². The van der Waals surface area contributed by atoms with E-state index in [-0.39, 0.29) is 0 Å². The van der Waals surface area contributed by atoms with Gasteiger partial charge in [-0.25, -0.2) is 0 Å². The van der Waals surface area contributed by atoms with E-state index in [0.717, 1.165) is 17.0 Å². The Balaban J connectivity index is 1.92. The molecule has 0 spiro atoms. The molecule has 0 aliphatic rings. The second-order valence-electron chi connectivity index (χ2n) is 4.04. The van der Waals surface area contributed by atoms with Gasteiger partial charge in [-0.3, -0.25) is 10.4 Å². The van der Waals surface area contributed by atoms with E-state index in [1.54, 1.807) is 18.6 Å². The zero-order chi connectivity index (χ0) is 14.9. The van der Waals surface area contributed by atoms with Crippen molar-refractivity contribution in [2.75, 3.05) is 11.9 Å². The van der Waals surface area contributed by atoms with E-state index in [1.807, 2.05) is 43.3 Å². The van der Waals surface area contributed by atoms with Gasteiger partial charge in [0.2, 0.25) is 0 Å². The summed E-state index contributed by atoms with van der Waals surface area (Å²) in [6.07, 6.45) is 5.05. The van der Waals surface area contributed by atoms with Crippen molar-refractivity contribution >= 4 is 29.2 Å². The number of aromatic nitrogens is 1. The molecule has 2 rings (SSSR count). The van der Waals surface area contributed by atoms with Crippen molar-refractivity contribution in [3.8, 4) is 5.75 Å². The minimum Gasteiger partial charge on any atom is -0.493 e. The summed E-state index contributed by atoms with van der Waals surface area (Å²) in [6, 6.07) is 11.4. The normalized spacial score (nSPS) is 10.3. The van der Waals surface area contributed by atoms with Gasteiger partial charge in [-0.1, -0.05) is 12.1 Å². The van der Waals surface area contributed by atoms with Crippen LogP contribution in [0.25, 0.3) is 0 Å². The first kappa shape index (κ1) is 14.9. The second-order valence-corrected chi connectivity index (χ2v) is 4.44. The fourth-order valence-corrected chi connectivity index (χ4v) is 1.80. The Morgan fingerprint density at radius 1 is 1.33 bits per heavy atom. The number of rotatable bonds is 5. The average molecular weight is 300 g/mol. The molecule has 108 valence electrons. The number of hydrogen-bond donors (Lipinski definition) is 2. The van der Waals surface area contributed by atoms with Gasteiger partial charge in [0.1, 0.15) is 5.75 Å². The number of anilines is 1. The van der Waals surface area contributed by atoms with Crippen LogP contribution in [-0.4, -0.2) is 22.9 Å². The molecular formula is C15H16N4OS. The molecule has 0 amide bonds. The van der Waals surface area contributed by atoms with Gasteiger partial charge in [0.25, 0.3) is 0 Å². The molecule has 0 saturated carbocycles. The number of pyridine rings is 1. The minimum atomic E-state index is 0.396. The van der Waals surface area contributed by atoms with Crippen LogP contribution in [0.15, 0.2) is 53.9 Å². The summed E-state index contributed by atoms with van der Waals surface area (Å²) in [5.74, 6) is 0.789. The van der Waals surface area contributed by atoms with Crippen LogP contribution in [0.2, 0.25) is 0 Å². The van der Waals surface area contributed by atoms with Gasteiger partial charge in [-0.15, -0.1) is 0 Å². The summed E-state index contributed by atoms with van der Waals surface area (Å²) < 4.78 is 5.51. The van der Waals surface area contributed by atoms with Gasteiger partial charge in [-0.2, -0.15) is 5.10 Å². The first-order valence-electron chi connectivity index (χ1n) is 6.51. The predicted octanol–water partition coefficient (Wildman–Crippen LogP) is 2.80. The maximum Gasteiger partial charge on any atom is 0.191 e. The maximum atomic E-state index is 5.51. The molecule has 0 atom stereocenters. The quantitative estimate of drug-likeness (QED) is 0.505. The summed E-state index contributed by atoms with van der Waals surface area (Å²) in [5.41, 5.74) is 4.45. The molecule has 0 aliphatic heterocycles. The summed E-state index contributed by atoms with van der Waals surface area (Å²) >= 11 is 5.14. The fourth-order valence-electron chi connectivity index (χ4n) is 1.63. The SMILES string of the molecule is CCOc1ccccc1/C=N/NC(=S)Nc1cccnc1. The minimum absolute atomic E-state index is 0.396. The van der Waals surface area contributed by atoms with E-state index in [4.69, 9.17) is 17.0 Å². The first-order valence-corrected chi connectivity index (χ1v) is 6.92. The fraction of sp³-hybridized carbons (Fsp3) is 0.133. The molecule has 5 nitrogen and oxygen atoms in total. The van der Waals surface area contributed by atoms with Crippen LogP contribution in [0.1, 0.15) is 12.5 Å². The molecule has 2 N–H and O–H groups in total. The number of nitrogens with zero attached hydrogens (tertiary/aromatic N) is 2. The van der Waals surface area contributed by atoms with Crippen molar-refractivity contribution in [3.63, 3.8) is 0 Å². The molecular weight excluding hydrogens is 284 g/mol. The van der Waals surface area contributed by atoms with Crippen LogP contribution in [0.5, 0.6) is 5.75 Å². The van der Waals surface area contributed by atoms with Crippen molar-refractivity contribution in [2.24, 2.45) is 5.10 Å². The van der Waals surface area contributed by atoms with E-state index < -0.39 is 0 Å². The smallest absolute Gasteiger partial charge is 0.191 e. The van der Waals surface area contributed by atoms with Crippen LogP contribution in [0.4, 0.5) is 5.69 Å². The Morgan fingerprint density at radius 3 is 2.95 bits per heavy atom. The summed E-state index contributed by atoms with van der Waals surface area (Å²) in [5, 5.41) is 7.48. The third-order valence-corrected chi connectivity index (χ3v) is 2.70. The third kappa shape index (κ3) is 4.85. The van der Waals surface area contributed by atoms with Crippen LogP contribution < -0.4 is 15.5 Å². The van der Waals surface area contributed by atoms with Crippen LogP contribution >= 0.6 is 12.2 Å². The van der Waals surface area contributed by atoms with Crippen molar-refractivity contribution in [3.05, 3.63) is 54.4 Å². The number of thiocarbonyl (C=S) groups is 1. The molecule has 1 aromatic carbocycles. The van der Waals surface area contributed by atoms with Crippen molar-refractivity contribution in [1.82, 2.24) is 10.4 Å². The van der Waals surface area contributed by atoms with Gasteiger partial charge in [0, 0.05) is 11.8 Å². The Morgan fingerprint density at radius 2 is 2.19 bits per heavy atom. The Hall–Kier alpha value is -2.47. The van der Waals surface area contributed by atoms with Gasteiger partial charge in [-0.05, 0) is 43.4 Å². The highest BCUT2D eigenvalue weighted by atomic mass is 32.1. The molecule has 0 fully saturated rings. The van der Waals surface area contributed by atoms with Crippen molar-refractivity contribution in [2.45, 2.75) is 6.92 Å². The molecule has 21 heavy (non-hydrogen) atoms. The number of ether oxygens (including phenoxy) is 1. The standard InChI is InChI=1S/C15H16N4OS/c1-2-20-14-8-4-3-6-12(14)10-17-19-15(21)18-13-7-5-9-16-11-13/h3-11H,2H2,1H3,(H2,18,19,21)/b17-10+. The van der Waals surface area contributed by atoms with Crippen LogP contribution in [-0.2, 0) is 0 Å². The number of hydrazone groups is 1. The number of hydrogen-bond acceptors (Lipinski definition) is 4. The lowest BCUT2D eigenvalue weighted by Crippen LogP contribution is -2.23. The predicted molar refractivity (Wildman–Crippen MR) is 88.8 cm³/mol. The highest BCUT2D eigenvalue weighted by Crippen LogP contribution is 2.15. The summed E-state index contributed by atoms with van der Waals surface area (Å²) in [4.78, 5) is 3.99. The van der Waals surface area contributed by atoms with Crippen molar-refractivity contribution in [1.29, 1.82) is 0 Å². The van der Waals surface area contributed by atoms with Gasteiger partial charge in [0.15, 0.2) is 5.11 Å². The van der Waals surface area contributed by atoms with E-state index in [0.29, 0.717) is 11.7 Å². The summed E-state index contributed by atoms with van der Waals surface area (Å²) in [7, 11) is 0. The van der Waals surface area contributed by atoms with E-state index in [1.165, 1.54) is 0 Å². The maximum absolute atomic E-state index is 5.51. The zero-order valence-electron chi connectivity index (χ0n) is 11.6. The number of para-hydroxylation sites is 1. The van der Waals surface area contributed by atoms with Crippen molar-refractivity contribution < 1.29 is 4.74 Å². The molecule has 0 saturated heterocycles. The monoisotopic (exact) mass is 300 g/mol. The lowest BCUT2D eigenvalue weighted by Gasteiger charge is -2.07. The van der Waals surface area contributed by atoms with E-state index >= 15 is 0 Å². The lowest BCUT2D eigenvalue weighted by molar-refractivity contribution is 0.340. The Bertz CT molecular complexity index is 616. The Labute approximate surface area is 129 Å². The molecule has 0 unspecified atom stereocenters. The molecule has 0 radical (unpaired) electrons. The van der Waals surface area contributed by atoms with Gasteiger partial charge >= 0.3 is 0 Å². The number of nitrogens with one attached hydrogen (secondary N) is 2. The number of benzene rings is 1. The topological polar surface area (TPSA) is 58.5 Å². The highest BCUT2D eigenvalue weighted by molar-refractivity contribution is 7.80. The average Bonchev–Trinajstić information content (AvgIpc) is 2.50.